The first kappa shape index (κ1) is 23.6. The van der Waals surface area contributed by atoms with Gasteiger partial charge in [-0.1, -0.05) is 36.8 Å². The normalized spacial score (nSPS) is 27.3. The summed E-state index contributed by atoms with van der Waals surface area (Å²) < 4.78 is 4.61. The predicted octanol–water partition coefficient (Wildman–Crippen LogP) is 3.90. The third kappa shape index (κ3) is 6.38. The zero-order valence-electron chi connectivity index (χ0n) is 17.6. The van der Waals surface area contributed by atoms with Gasteiger partial charge in [-0.3, -0.25) is 9.59 Å². The summed E-state index contributed by atoms with van der Waals surface area (Å²) in [7, 11) is 1.38. The van der Waals surface area contributed by atoms with Crippen LogP contribution in [0.4, 0.5) is 0 Å². The molecular formula is C24H36O5. The van der Waals surface area contributed by atoms with Crippen molar-refractivity contribution in [1.82, 2.24) is 0 Å². The van der Waals surface area contributed by atoms with E-state index in [0.717, 1.165) is 38.5 Å². The largest absolute Gasteiger partial charge is 0.469 e. The molecular weight excluding hydrogens is 368 g/mol. The minimum atomic E-state index is -0.653. The van der Waals surface area contributed by atoms with Gasteiger partial charge in [0, 0.05) is 30.1 Å². The Bertz CT molecular complexity index is 617. The molecule has 0 amide bonds. The Morgan fingerprint density at radius 2 is 2.10 bits per heavy atom. The first-order valence-corrected chi connectivity index (χ1v) is 10.8. The maximum atomic E-state index is 12.3. The Hall–Kier alpha value is -1.72. The van der Waals surface area contributed by atoms with Gasteiger partial charge < -0.3 is 14.9 Å². The summed E-state index contributed by atoms with van der Waals surface area (Å²) in [6.45, 7) is 3.81. The average Bonchev–Trinajstić information content (AvgIpc) is 2.93. The number of esters is 1. The molecule has 0 saturated heterocycles. The van der Waals surface area contributed by atoms with Crippen molar-refractivity contribution in [1.29, 1.82) is 0 Å². The molecule has 2 saturated carbocycles. The zero-order chi connectivity index (χ0) is 21.3. The number of ether oxygens (including phenoxy) is 1. The number of Topliss-reactive ketones (excluding diaryl/α,β-unsaturated/α-hetero) is 1. The van der Waals surface area contributed by atoms with Crippen LogP contribution in [0.25, 0.3) is 0 Å². The number of aliphatic hydroxyl groups is 2. The van der Waals surface area contributed by atoms with Gasteiger partial charge in [0.1, 0.15) is 5.78 Å². The molecule has 0 bridgehead atoms. The van der Waals surface area contributed by atoms with Crippen LogP contribution >= 0.6 is 0 Å². The average molecular weight is 405 g/mol. The van der Waals surface area contributed by atoms with Crippen LogP contribution in [-0.4, -0.2) is 41.3 Å². The monoisotopic (exact) mass is 404 g/mol. The number of carbonyl (C=O) groups is 2. The van der Waals surface area contributed by atoms with Crippen molar-refractivity contribution in [2.75, 3.05) is 7.11 Å². The second-order valence-electron chi connectivity index (χ2n) is 8.49. The van der Waals surface area contributed by atoms with Crippen molar-refractivity contribution < 1.29 is 24.5 Å². The van der Waals surface area contributed by atoms with Gasteiger partial charge in [-0.25, -0.2) is 0 Å². The number of aliphatic hydroxyl groups excluding tert-OH is 2. The van der Waals surface area contributed by atoms with Crippen LogP contribution in [0.2, 0.25) is 0 Å². The highest BCUT2D eigenvalue weighted by atomic mass is 16.5. The summed E-state index contributed by atoms with van der Waals surface area (Å²) in [6, 6.07) is 0. The molecule has 0 heterocycles. The van der Waals surface area contributed by atoms with Crippen LogP contribution in [0.1, 0.15) is 64.2 Å². The first-order valence-electron chi connectivity index (χ1n) is 10.8. The van der Waals surface area contributed by atoms with E-state index in [2.05, 4.69) is 11.3 Å². The third-order valence-electron chi connectivity index (χ3n) is 6.59. The Balaban J connectivity index is 1.84. The summed E-state index contributed by atoms with van der Waals surface area (Å²) in [4.78, 5) is 23.4. The van der Waals surface area contributed by atoms with E-state index in [0.29, 0.717) is 19.3 Å². The number of allylic oxidation sites excluding steroid dienone is 3. The van der Waals surface area contributed by atoms with Crippen molar-refractivity contribution in [3.05, 3.63) is 37.0 Å². The second-order valence-corrected chi connectivity index (χ2v) is 8.49. The number of unbranched alkanes of at least 4 members (excludes halogenated alkanes) is 1. The van der Waals surface area contributed by atoms with Gasteiger partial charge in [-0.05, 0) is 44.9 Å². The summed E-state index contributed by atoms with van der Waals surface area (Å²) >= 11 is 0. The van der Waals surface area contributed by atoms with Crippen LogP contribution in [0.3, 0.4) is 0 Å². The fourth-order valence-corrected chi connectivity index (χ4v) is 4.56. The summed E-state index contributed by atoms with van der Waals surface area (Å²) in [5, 5.41) is 20.9. The standard InChI is InChI=1S/C24H36O5/c1-3-14-24(15-9-16-24)22(27)12-8-11-19-18(20(25)17-21(19)26)10-6-4-5-7-13-23(28)29-2/h3-4,6,8,11,18-19,21-22,26-27H,1,5,7,9-10,12-17H2,2H3/b6-4-,11-8+/t18-,19-,21-,22?/m1/s1. The van der Waals surface area contributed by atoms with Crippen molar-refractivity contribution in [2.24, 2.45) is 17.3 Å². The number of methoxy groups -OCH3 is 1. The smallest absolute Gasteiger partial charge is 0.305 e. The summed E-state index contributed by atoms with van der Waals surface area (Å²) in [6.07, 6.45) is 15.9. The van der Waals surface area contributed by atoms with E-state index in [1.165, 1.54) is 7.11 Å². The maximum Gasteiger partial charge on any atom is 0.305 e. The number of carbonyl (C=O) groups excluding carboxylic acids is 2. The van der Waals surface area contributed by atoms with Gasteiger partial charge >= 0.3 is 5.97 Å². The highest BCUT2D eigenvalue weighted by Crippen LogP contribution is 2.48. The van der Waals surface area contributed by atoms with Crippen LogP contribution in [0.5, 0.6) is 0 Å². The van der Waals surface area contributed by atoms with Crippen LogP contribution in [0, 0.1) is 17.3 Å². The predicted molar refractivity (Wildman–Crippen MR) is 113 cm³/mol. The molecule has 0 aromatic heterocycles. The molecule has 162 valence electrons. The molecule has 29 heavy (non-hydrogen) atoms. The van der Waals surface area contributed by atoms with Crippen molar-refractivity contribution >= 4 is 11.8 Å². The zero-order valence-corrected chi connectivity index (χ0v) is 17.6. The lowest BCUT2D eigenvalue weighted by Gasteiger charge is -2.45. The fraction of sp³-hybridized carbons (Fsp3) is 0.667. The summed E-state index contributed by atoms with van der Waals surface area (Å²) in [5.74, 6) is -0.544. The Labute approximate surface area is 174 Å². The molecule has 1 unspecified atom stereocenters. The summed E-state index contributed by atoms with van der Waals surface area (Å²) in [5.41, 5.74) is -0.0391. The van der Waals surface area contributed by atoms with E-state index in [1.54, 1.807) is 0 Å². The molecule has 0 radical (unpaired) electrons. The van der Waals surface area contributed by atoms with E-state index < -0.39 is 12.2 Å². The molecule has 0 aliphatic heterocycles. The molecule has 0 aromatic rings. The van der Waals surface area contributed by atoms with Crippen molar-refractivity contribution in [3.63, 3.8) is 0 Å². The quantitative estimate of drug-likeness (QED) is 0.293. The molecule has 0 spiro atoms. The van der Waals surface area contributed by atoms with Gasteiger partial charge in [0.15, 0.2) is 0 Å². The topological polar surface area (TPSA) is 83.8 Å². The van der Waals surface area contributed by atoms with Gasteiger partial charge in [0.2, 0.25) is 0 Å². The highest BCUT2D eigenvalue weighted by molar-refractivity contribution is 5.84. The molecule has 4 atom stereocenters. The van der Waals surface area contributed by atoms with E-state index >= 15 is 0 Å². The number of hydrogen-bond acceptors (Lipinski definition) is 5. The van der Waals surface area contributed by atoms with Crippen LogP contribution in [0.15, 0.2) is 37.0 Å². The molecule has 2 aliphatic rings. The minimum Gasteiger partial charge on any atom is -0.469 e. The third-order valence-corrected chi connectivity index (χ3v) is 6.59. The lowest BCUT2D eigenvalue weighted by molar-refractivity contribution is -0.140. The van der Waals surface area contributed by atoms with E-state index in [1.807, 2.05) is 30.4 Å². The van der Waals surface area contributed by atoms with E-state index in [9.17, 15) is 19.8 Å². The van der Waals surface area contributed by atoms with Crippen molar-refractivity contribution in [3.8, 4) is 0 Å². The molecule has 0 aromatic carbocycles. The lowest BCUT2D eigenvalue weighted by Crippen LogP contribution is -2.40. The highest BCUT2D eigenvalue weighted by Gasteiger charge is 2.42. The minimum absolute atomic E-state index is 0.0391. The van der Waals surface area contributed by atoms with Gasteiger partial charge in [0.25, 0.3) is 0 Å². The fourth-order valence-electron chi connectivity index (χ4n) is 4.56. The SMILES string of the molecule is C=CCC1(C(O)C/C=C/[C@H]2[C@H](O)CC(=O)[C@@H]2C/C=C\CCCC(=O)OC)CCC1. The maximum absolute atomic E-state index is 12.3. The van der Waals surface area contributed by atoms with Gasteiger partial charge in [-0.2, -0.15) is 0 Å². The van der Waals surface area contributed by atoms with Crippen LogP contribution in [-0.2, 0) is 14.3 Å². The number of ketones is 1. The molecule has 5 heteroatoms. The molecule has 2 rings (SSSR count). The number of hydrogen-bond donors (Lipinski definition) is 2. The number of rotatable bonds is 12. The Morgan fingerprint density at radius 1 is 1.34 bits per heavy atom. The van der Waals surface area contributed by atoms with Gasteiger partial charge in [0.05, 0.1) is 19.3 Å². The first-order chi connectivity index (χ1) is 13.9. The van der Waals surface area contributed by atoms with E-state index in [4.69, 9.17) is 0 Å². The molecule has 2 N–H and O–H groups in total. The molecule has 5 nitrogen and oxygen atoms in total. The molecule has 2 fully saturated rings. The Morgan fingerprint density at radius 3 is 2.72 bits per heavy atom. The second kappa shape index (κ2) is 11.5. The Kier molecular flexibility index (Phi) is 9.31. The lowest BCUT2D eigenvalue weighted by atomic mass is 9.62. The van der Waals surface area contributed by atoms with Crippen molar-refractivity contribution in [2.45, 2.75) is 76.4 Å². The van der Waals surface area contributed by atoms with Crippen LogP contribution < -0.4 is 0 Å². The molecule has 2 aliphatic carbocycles. The van der Waals surface area contributed by atoms with Gasteiger partial charge in [-0.15, -0.1) is 6.58 Å². The van der Waals surface area contributed by atoms with E-state index in [-0.39, 0.29) is 35.4 Å².